The number of nitrogens with one attached hydrogen (secondary N) is 2. The van der Waals surface area contributed by atoms with E-state index >= 15 is 0 Å². The van der Waals surface area contributed by atoms with E-state index in [9.17, 15) is 9.59 Å². The standard InChI is InChI=1S/C9H18N2O3/c1-6(2)4-10-9(14)8(5-12)11-7(3)13/h6,8,12H,4-5H2,1-3H3,(H,10,14)(H,11,13)/t8-/m0/s1. The molecule has 14 heavy (non-hydrogen) atoms. The van der Waals surface area contributed by atoms with Gasteiger partial charge < -0.3 is 15.7 Å². The molecule has 0 saturated carbocycles. The number of carbonyl (C=O) groups excluding carboxylic acids is 2. The second kappa shape index (κ2) is 6.37. The highest BCUT2D eigenvalue weighted by Gasteiger charge is 2.17. The van der Waals surface area contributed by atoms with E-state index in [1.165, 1.54) is 6.92 Å². The minimum Gasteiger partial charge on any atom is -0.394 e. The summed E-state index contributed by atoms with van der Waals surface area (Å²) >= 11 is 0. The van der Waals surface area contributed by atoms with Crippen LogP contribution >= 0.6 is 0 Å². The summed E-state index contributed by atoms with van der Waals surface area (Å²) in [6.45, 7) is 5.39. The number of carbonyl (C=O) groups is 2. The number of hydrogen-bond donors (Lipinski definition) is 3. The molecule has 0 fully saturated rings. The highest BCUT2D eigenvalue weighted by Crippen LogP contribution is 1.89. The summed E-state index contributed by atoms with van der Waals surface area (Å²) in [5.41, 5.74) is 0. The number of aliphatic hydroxyl groups is 1. The highest BCUT2D eigenvalue weighted by molar-refractivity contribution is 5.86. The van der Waals surface area contributed by atoms with Gasteiger partial charge in [0.15, 0.2) is 0 Å². The van der Waals surface area contributed by atoms with Crippen molar-refractivity contribution < 1.29 is 14.7 Å². The van der Waals surface area contributed by atoms with Gasteiger partial charge in [-0.1, -0.05) is 13.8 Å². The van der Waals surface area contributed by atoms with E-state index < -0.39 is 6.04 Å². The molecule has 2 amide bonds. The lowest BCUT2D eigenvalue weighted by Gasteiger charge is -2.15. The van der Waals surface area contributed by atoms with Gasteiger partial charge >= 0.3 is 0 Å². The fraction of sp³-hybridized carbons (Fsp3) is 0.778. The van der Waals surface area contributed by atoms with E-state index in [-0.39, 0.29) is 18.4 Å². The van der Waals surface area contributed by atoms with E-state index in [1.54, 1.807) is 0 Å². The van der Waals surface area contributed by atoms with Crippen molar-refractivity contribution in [3.05, 3.63) is 0 Å². The van der Waals surface area contributed by atoms with Crippen LogP contribution in [0.25, 0.3) is 0 Å². The smallest absolute Gasteiger partial charge is 0.244 e. The van der Waals surface area contributed by atoms with Crippen molar-refractivity contribution in [2.75, 3.05) is 13.2 Å². The molecule has 0 aliphatic heterocycles. The van der Waals surface area contributed by atoms with Gasteiger partial charge in [0.05, 0.1) is 6.61 Å². The molecule has 0 aromatic heterocycles. The third kappa shape index (κ3) is 5.53. The Kier molecular flexibility index (Phi) is 5.87. The summed E-state index contributed by atoms with van der Waals surface area (Å²) in [4.78, 5) is 22.0. The van der Waals surface area contributed by atoms with Crippen molar-refractivity contribution in [2.45, 2.75) is 26.8 Å². The van der Waals surface area contributed by atoms with Crippen LogP contribution in [0.15, 0.2) is 0 Å². The molecule has 0 spiro atoms. The number of rotatable bonds is 5. The largest absolute Gasteiger partial charge is 0.394 e. The van der Waals surface area contributed by atoms with Crippen LogP contribution in [0.4, 0.5) is 0 Å². The first-order valence-electron chi connectivity index (χ1n) is 4.63. The van der Waals surface area contributed by atoms with Gasteiger partial charge in [0, 0.05) is 13.5 Å². The maximum absolute atomic E-state index is 11.3. The zero-order chi connectivity index (χ0) is 11.1. The van der Waals surface area contributed by atoms with Gasteiger partial charge in [-0.15, -0.1) is 0 Å². The van der Waals surface area contributed by atoms with Crippen molar-refractivity contribution in [3.8, 4) is 0 Å². The Morgan fingerprint density at radius 2 is 1.93 bits per heavy atom. The Morgan fingerprint density at radius 3 is 2.29 bits per heavy atom. The minimum atomic E-state index is -0.841. The molecule has 0 aromatic rings. The van der Waals surface area contributed by atoms with E-state index in [0.717, 1.165) is 0 Å². The predicted octanol–water partition coefficient (Wildman–Crippen LogP) is -0.744. The summed E-state index contributed by atoms with van der Waals surface area (Å²) in [5.74, 6) is -0.337. The molecule has 0 heterocycles. The summed E-state index contributed by atoms with van der Waals surface area (Å²) in [6, 6.07) is -0.841. The lowest BCUT2D eigenvalue weighted by molar-refractivity contribution is -0.129. The number of amides is 2. The first-order chi connectivity index (χ1) is 6.47. The van der Waals surface area contributed by atoms with Crippen LogP contribution in [0, 0.1) is 5.92 Å². The second-order valence-electron chi connectivity index (χ2n) is 3.57. The Morgan fingerprint density at radius 1 is 1.36 bits per heavy atom. The van der Waals surface area contributed by atoms with Crippen LogP contribution in [-0.4, -0.2) is 36.1 Å². The van der Waals surface area contributed by atoms with Gasteiger partial charge in [0.25, 0.3) is 0 Å². The molecule has 5 nitrogen and oxygen atoms in total. The SMILES string of the molecule is CC(=O)N[C@@H](CO)C(=O)NCC(C)C. The van der Waals surface area contributed by atoms with Gasteiger partial charge in [-0.3, -0.25) is 9.59 Å². The fourth-order valence-electron chi connectivity index (χ4n) is 0.867. The summed E-state index contributed by atoms with van der Waals surface area (Å²) < 4.78 is 0. The zero-order valence-corrected chi connectivity index (χ0v) is 8.83. The average molecular weight is 202 g/mol. The number of aliphatic hydroxyl groups excluding tert-OH is 1. The zero-order valence-electron chi connectivity index (χ0n) is 8.83. The second-order valence-corrected chi connectivity index (χ2v) is 3.57. The average Bonchev–Trinajstić information content (AvgIpc) is 2.09. The molecule has 0 unspecified atom stereocenters. The lowest BCUT2D eigenvalue weighted by Crippen LogP contribution is -2.48. The van der Waals surface area contributed by atoms with E-state index in [2.05, 4.69) is 10.6 Å². The van der Waals surface area contributed by atoms with Crippen molar-refractivity contribution in [2.24, 2.45) is 5.92 Å². The molecule has 5 heteroatoms. The van der Waals surface area contributed by atoms with Gasteiger partial charge in [0.1, 0.15) is 6.04 Å². The van der Waals surface area contributed by atoms with Crippen LogP contribution in [0.2, 0.25) is 0 Å². The van der Waals surface area contributed by atoms with Gasteiger partial charge in [0.2, 0.25) is 11.8 Å². The normalized spacial score (nSPS) is 12.4. The van der Waals surface area contributed by atoms with Crippen molar-refractivity contribution in [1.82, 2.24) is 10.6 Å². The Balaban J connectivity index is 3.98. The third-order valence-electron chi connectivity index (χ3n) is 1.56. The molecule has 0 radical (unpaired) electrons. The van der Waals surface area contributed by atoms with Crippen molar-refractivity contribution in [3.63, 3.8) is 0 Å². The lowest BCUT2D eigenvalue weighted by atomic mass is 10.2. The molecule has 0 aromatic carbocycles. The summed E-state index contributed by atoms with van der Waals surface area (Å²) in [5, 5.41) is 13.8. The first-order valence-corrected chi connectivity index (χ1v) is 4.63. The molecule has 3 N–H and O–H groups in total. The molecule has 1 atom stereocenters. The maximum atomic E-state index is 11.3. The maximum Gasteiger partial charge on any atom is 0.244 e. The fourth-order valence-corrected chi connectivity index (χ4v) is 0.867. The summed E-state index contributed by atoms with van der Waals surface area (Å²) in [7, 11) is 0. The van der Waals surface area contributed by atoms with Crippen LogP contribution in [-0.2, 0) is 9.59 Å². The molecular formula is C9H18N2O3. The van der Waals surface area contributed by atoms with Crippen LogP contribution in [0.1, 0.15) is 20.8 Å². The van der Waals surface area contributed by atoms with Crippen LogP contribution in [0.3, 0.4) is 0 Å². The molecule has 0 saturated heterocycles. The van der Waals surface area contributed by atoms with Gasteiger partial charge in [-0.05, 0) is 5.92 Å². The quantitative estimate of drug-likeness (QED) is 0.549. The number of hydrogen-bond acceptors (Lipinski definition) is 3. The Bertz CT molecular complexity index is 204. The van der Waals surface area contributed by atoms with E-state index in [4.69, 9.17) is 5.11 Å². The first kappa shape index (κ1) is 12.9. The minimum absolute atomic E-state index is 0.330. The third-order valence-corrected chi connectivity index (χ3v) is 1.56. The molecule has 0 bridgehead atoms. The van der Waals surface area contributed by atoms with Gasteiger partial charge in [-0.2, -0.15) is 0 Å². The van der Waals surface area contributed by atoms with Gasteiger partial charge in [-0.25, -0.2) is 0 Å². The van der Waals surface area contributed by atoms with E-state index in [1.807, 2.05) is 13.8 Å². The molecular weight excluding hydrogens is 184 g/mol. The Labute approximate surface area is 83.9 Å². The van der Waals surface area contributed by atoms with Crippen LogP contribution in [0.5, 0.6) is 0 Å². The molecule has 0 rings (SSSR count). The monoisotopic (exact) mass is 202 g/mol. The van der Waals surface area contributed by atoms with Crippen molar-refractivity contribution in [1.29, 1.82) is 0 Å². The van der Waals surface area contributed by atoms with Crippen LogP contribution < -0.4 is 10.6 Å². The highest BCUT2D eigenvalue weighted by atomic mass is 16.3. The summed E-state index contributed by atoms with van der Waals surface area (Å²) in [6.07, 6.45) is 0. The van der Waals surface area contributed by atoms with Crippen molar-refractivity contribution >= 4 is 11.8 Å². The molecule has 0 aliphatic rings. The Hall–Kier alpha value is -1.10. The molecule has 0 aliphatic carbocycles. The predicted molar refractivity (Wildman–Crippen MR) is 52.5 cm³/mol. The topological polar surface area (TPSA) is 78.4 Å². The van der Waals surface area contributed by atoms with E-state index in [0.29, 0.717) is 12.5 Å². The molecule has 82 valence electrons.